The van der Waals surface area contributed by atoms with Crippen LogP contribution in [-0.4, -0.2) is 23.7 Å². The average molecular weight is 292 g/mol. The molecule has 1 rings (SSSR count). The first-order valence-electron chi connectivity index (χ1n) is 7.35. The van der Waals surface area contributed by atoms with Crippen LogP contribution in [0.5, 0.6) is 0 Å². The van der Waals surface area contributed by atoms with Crippen LogP contribution in [0.15, 0.2) is 30.3 Å². The molecule has 1 aromatic carbocycles. The van der Waals surface area contributed by atoms with Crippen molar-refractivity contribution in [1.82, 2.24) is 0 Å². The normalized spacial score (nSPS) is 15.0. The highest BCUT2D eigenvalue weighted by molar-refractivity contribution is 5.89. The largest absolute Gasteiger partial charge is 0.481 e. The molecule has 0 saturated heterocycles. The molecular weight excluding hydrogens is 268 g/mol. The van der Waals surface area contributed by atoms with Gasteiger partial charge in [0.15, 0.2) is 0 Å². The van der Waals surface area contributed by atoms with Gasteiger partial charge in [0.25, 0.3) is 0 Å². The van der Waals surface area contributed by atoms with Gasteiger partial charge in [0.1, 0.15) is 0 Å². The molecule has 1 N–H and O–H groups in total. The van der Waals surface area contributed by atoms with Gasteiger partial charge in [-0.1, -0.05) is 39.0 Å². The van der Waals surface area contributed by atoms with Crippen molar-refractivity contribution in [2.75, 3.05) is 6.61 Å². The van der Waals surface area contributed by atoms with Crippen LogP contribution in [0, 0.1) is 17.8 Å². The molecule has 0 radical (unpaired) electrons. The Hall–Kier alpha value is -1.84. The predicted molar refractivity (Wildman–Crippen MR) is 81.1 cm³/mol. The van der Waals surface area contributed by atoms with Crippen LogP contribution in [0.1, 0.15) is 44.0 Å². The molecule has 4 heteroatoms. The van der Waals surface area contributed by atoms with Gasteiger partial charge >= 0.3 is 11.9 Å². The van der Waals surface area contributed by atoms with Crippen molar-refractivity contribution in [2.45, 2.75) is 33.6 Å². The van der Waals surface area contributed by atoms with E-state index in [-0.39, 0.29) is 17.8 Å². The Labute approximate surface area is 126 Å². The van der Waals surface area contributed by atoms with E-state index < -0.39 is 5.97 Å². The third-order valence-corrected chi connectivity index (χ3v) is 3.49. The van der Waals surface area contributed by atoms with E-state index in [4.69, 9.17) is 9.84 Å². The maximum absolute atomic E-state index is 11.8. The molecule has 1 aromatic rings. The topological polar surface area (TPSA) is 63.6 Å². The molecule has 0 bridgehead atoms. The van der Waals surface area contributed by atoms with Crippen molar-refractivity contribution in [3.8, 4) is 0 Å². The van der Waals surface area contributed by atoms with E-state index in [0.717, 1.165) is 6.42 Å². The zero-order valence-corrected chi connectivity index (χ0v) is 12.9. The van der Waals surface area contributed by atoms with Gasteiger partial charge in [-0.05, 0) is 36.8 Å². The summed E-state index contributed by atoms with van der Waals surface area (Å²) in [7, 11) is 0. The second-order valence-electron chi connectivity index (χ2n) is 5.89. The summed E-state index contributed by atoms with van der Waals surface area (Å²) in [4.78, 5) is 22.6. The minimum atomic E-state index is -0.759. The lowest BCUT2D eigenvalue weighted by atomic mass is 9.90. The van der Waals surface area contributed by atoms with Crippen molar-refractivity contribution >= 4 is 11.9 Å². The average Bonchev–Trinajstić information content (AvgIpc) is 2.45. The number of carboxylic acid groups (broad SMARTS) is 1. The van der Waals surface area contributed by atoms with E-state index in [9.17, 15) is 9.59 Å². The maximum atomic E-state index is 11.8. The van der Waals surface area contributed by atoms with Crippen molar-refractivity contribution in [2.24, 2.45) is 17.8 Å². The van der Waals surface area contributed by atoms with Gasteiger partial charge in [-0.2, -0.15) is 0 Å². The van der Waals surface area contributed by atoms with E-state index in [0.29, 0.717) is 24.5 Å². The smallest absolute Gasteiger partial charge is 0.338 e. The summed E-state index contributed by atoms with van der Waals surface area (Å²) in [6.07, 6.45) is 1.49. The molecule has 116 valence electrons. The van der Waals surface area contributed by atoms with Crippen LogP contribution >= 0.6 is 0 Å². The number of hydrogen-bond acceptors (Lipinski definition) is 3. The van der Waals surface area contributed by atoms with Gasteiger partial charge in [-0.15, -0.1) is 0 Å². The van der Waals surface area contributed by atoms with Crippen LogP contribution in [0.25, 0.3) is 0 Å². The molecule has 4 nitrogen and oxygen atoms in total. The lowest BCUT2D eigenvalue weighted by molar-refractivity contribution is -0.141. The summed E-state index contributed by atoms with van der Waals surface area (Å²) in [5.74, 6) is -0.895. The summed E-state index contributed by atoms with van der Waals surface area (Å²) in [6, 6.07) is 8.91. The summed E-state index contributed by atoms with van der Waals surface area (Å²) in [6.45, 7) is 6.13. The monoisotopic (exact) mass is 292 g/mol. The number of ether oxygens (including phenoxy) is 1. The Bertz CT molecular complexity index is 455. The van der Waals surface area contributed by atoms with Gasteiger partial charge < -0.3 is 9.84 Å². The van der Waals surface area contributed by atoms with E-state index >= 15 is 0 Å². The molecule has 0 amide bonds. The fraction of sp³-hybridized carbons (Fsp3) is 0.529. The van der Waals surface area contributed by atoms with Gasteiger partial charge in [-0.3, -0.25) is 4.79 Å². The molecule has 21 heavy (non-hydrogen) atoms. The van der Waals surface area contributed by atoms with Crippen molar-refractivity contribution in [1.29, 1.82) is 0 Å². The highest BCUT2D eigenvalue weighted by Crippen LogP contribution is 2.20. The van der Waals surface area contributed by atoms with Crippen molar-refractivity contribution in [3.05, 3.63) is 35.9 Å². The molecule has 0 aliphatic rings. The Kier molecular flexibility index (Phi) is 6.92. The van der Waals surface area contributed by atoms with Crippen LogP contribution in [-0.2, 0) is 9.53 Å². The lowest BCUT2D eigenvalue weighted by Crippen LogP contribution is -2.17. The Balaban J connectivity index is 2.32. The van der Waals surface area contributed by atoms with Crippen molar-refractivity contribution < 1.29 is 19.4 Å². The number of esters is 1. The fourth-order valence-electron chi connectivity index (χ4n) is 2.43. The minimum Gasteiger partial charge on any atom is -0.481 e. The third-order valence-electron chi connectivity index (χ3n) is 3.49. The molecule has 0 saturated carbocycles. The first-order valence-corrected chi connectivity index (χ1v) is 7.35. The highest BCUT2D eigenvalue weighted by atomic mass is 16.5. The second-order valence-corrected chi connectivity index (χ2v) is 5.89. The molecular formula is C17H24O4. The van der Waals surface area contributed by atoms with Gasteiger partial charge in [-0.25, -0.2) is 4.79 Å². The zero-order chi connectivity index (χ0) is 15.8. The second kappa shape index (κ2) is 8.45. The standard InChI is InChI=1S/C17H24O4/c1-12(10-14(3)16(18)19)9-13(2)11-21-17(20)15-7-5-4-6-8-15/h4-8,12-14H,9-11H2,1-3H3,(H,18,19)/t12-,13+,14-/m0/s1. The van der Waals surface area contributed by atoms with Crippen LogP contribution in [0.2, 0.25) is 0 Å². The van der Waals surface area contributed by atoms with E-state index in [1.165, 1.54) is 0 Å². The van der Waals surface area contributed by atoms with Gasteiger partial charge in [0, 0.05) is 0 Å². The number of aliphatic carboxylic acids is 1. The number of carboxylic acids is 1. The molecule has 3 atom stereocenters. The summed E-state index contributed by atoms with van der Waals surface area (Å²) in [5.41, 5.74) is 0.553. The number of rotatable bonds is 8. The number of carbonyl (C=O) groups excluding carboxylic acids is 1. The molecule has 0 fully saturated rings. The van der Waals surface area contributed by atoms with E-state index in [1.54, 1.807) is 31.2 Å². The molecule has 0 aromatic heterocycles. The quantitative estimate of drug-likeness (QED) is 0.743. The lowest BCUT2D eigenvalue weighted by Gasteiger charge is -2.19. The molecule has 0 aliphatic carbocycles. The maximum Gasteiger partial charge on any atom is 0.338 e. The van der Waals surface area contributed by atoms with Crippen LogP contribution in [0.4, 0.5) is 0 Å². The van der Waals surface area contributed by atoms with E-state index in [1.807, 2.05) is 19.9 Å². The van der Waals surface area contributed by atoms with Gasteiger partial charge in [0.2, 0.25) is 0 Å². The summed E-state index contributed by atoms with van der Waals surface area (Å²) >= 11 is 0. The Morgan fingerprint density at radius 3 is 2.24 bits per heavy atom. The highest BCUT2D eigenvalue weighted by Gasteiger charge is 2.18. The fourth-order valence-corrected chi connectivity index (χ4v) is 2.43. The Morgan fingerprint density at radius 2 is 1.67 bits per heavy atom. The Morgan fingerprint density at radius 1 is 1.05 bits per heavy atom. The first kappa shape index (κ1) is 17.2. The number of hydrogen-bond donors (Lipinski definition) is 1. The summed E-state index contributed by atoms with van der Waals surface area (Å²) in [5, 5.41) is 8.90. The number of carbonyl (C=O) groups is 2. The molecule has 0 aliphatic heterocycles. The van der Waals surface area contributed by atoms with E-state index in [2.05, 4.69) is 0 Å². The minimum absolute atomic E-state index is 0.216. The molecule has 0 heterocycles. The zero-order valence-electron chi connectivity index (χ0n) is 12.9. The predicted octanol–water partition coefficient (Wildman–Crippen LogP) is 3.62. The third kappa shape index (κ3) is 6.43. The van der Waals surface area contributed by atoms with Crippen molar-refractivity contribution in [3.63, 3.8) is 0 Å². The molecule has 0 unspecified atom stereocenters. The molecule has 0 spiro atoms. The number of benzene rings is 1. The van der Waals surface area contributed by atoms with Crippen LogP contribution in [0.3, 0.4) is 0 Å². The van der Waals surface area contributed by atoms with Gasteiger partial charge in [0.05, 0.1) is 18.1 Å². The SMILES string of the molecule is C[C@@H](COC(=O)c1ccccc1)C[C@H](C)C[C@H](C)C(=O)O. The summed E-state index contributed by atoms with van der Waals surface area (Å²) < 4.78 is 5.29. The first-order chi connectivity index (χ1) is 9.90. The van der Waals surface area contributed by atoms with Crippen LogP contribution < -0.4 is 0 Å².